The standard InChI is InChI=1S/C24H19Cl2N3O6S/c1-34-23(32)13-5-3-12(4-6-13)19-17(10-27)22(29-21(31)20(19)24(33)35-2)36-11-18(30)28-16-8-14(25)7-15(26)9-16/h3-9,19-20H,11H2,1-2H3,(H,28,30)(H,29,31)/t19-,20-/m1/s1. The lowest BCUT2D eigenvalue weighted by atomic mass is 9.78. The Morgan fingerprint density at radius 3 is 2.28 bits per heavy atom. The van der Waals surface area contributed by atoms with Gasteiger partial charge in [-0.3, -0.25) is 14.4 Å². The Kier molecular flexibility index (Phi) is 8.98. The van der Waals surface area contributed by atoms with Crippen LogP contribution in [0.15, 0.2) is 53.1 Å². The molecule has 36 heavy (non-hydrogen) atoms. The number of nitrogens with one attached hydrogen (secondary N) is 2. The van der Waals surface area contributed by atoms with Crippen molar-refractivity contribution in [3.05, 3.63) is 74.2 Å². The number of amides is 2. The molecule has 2 amide bonds. The van der Waals surface area contributed by atoms with Crippen LogP contribution >= 0.6 is 35.0 Å². The Morgan fingerprint density at radius 1 is 1.08 bits per heavy atom. The molecule has 0 fully saturated rings. The van der Waals surface area contributed by atoms with Crippen LogP contribution < -0.4 is 10.6 Å². The zero-order chi connectivity index (χ0) is 26.4. The molecule has 1 aliphatic rings. The van der Waals surface area contributed by atoms with E-state index in [0.717, 1.165) is 18.9 Å². The molecule has 2 N–H and O–H groups in total. The van der Waals surface area contributed by atoms with Crippen molar-refractivity contribution < 1.29 is 28.7 Å². The second-order valence-corrected chi connectivity index (χ2v) is 9.29. The first kappa shape index (κ1) is 27.1. The molecular weight excluding hydrogens is 529 g/mol. The topological polar surface area (TPSA) is 135 Å². The molecule has 0 bridgehead atoms. The summed E-state index contributed by atoms with van der Waals surface area (Å²) in [6.07, 6.45) is 0. The van der Waals surface area contributed by atoms with E-state index in [9.17, 15) is 24.4 Å². The number of ether oxygens (including phenoxy) is 2. The van der Waals surface area contributed by atoms with Crippen LogP contribution in [0.5, 0.6) is 0 Å². The summed E-state index contributed by atoms with van der Waals surface area (Å²) in [4.78, 5) is 49.7. The van der Waals surface area contributed by atoms with Gasteiger partial charge in [-0.2, -0.15) is 5.26 Å². The quantitative estimate of drug-likeness (QED) is 0.393. The van der Waals surface area contributed by atoms with Crippen LogP contribution in [0.4, 0.5) is 5.69 Å². The van der Waals surface area contributed by atoms with Crippen molar-refractivity contribution in [3.8, 4) is 6.07 Å². The molecule has 0 spiro atoms. The maximum Gasteiger partial charge on any atom is 0.337 e. The van der Waals surface area contributed by atoms with E-state index in [0.29, 0.717) is 21.3 Å². The molecule has 186 valence electrons. The Bertz CT molecular complexity index is 1270. The largest absolute Gasteiger partial charge is 0.468 e. The van der Waals surface area contributed by atoms with Gasteiger partial charge in [-0.15, -0.1) is 0 Å². The number of carbonyl (C=O) groups excluding carboxylic acids is 4. The highest BCUT2D eigenvalue weighted by atomic mass is 35.5. The van der Waals surface area contributed by atoms with Crippen molar-refractivity contribution in [2.75, 3.05) is 25.3 Å². The summed E-state index contributed by atoms with van der Waals surface area (Å²) >= 11 is 12.8. The minimum atomic E-state index is -1.35. The number of esters is 2. The Hall–Kier alpha value is -3.52. The van der Waals surface area contributed by atoms with E-state index in [2.05, 4.69) is 10.6 Å². The Balaban J connectivity index is 1.91. The molecule has 0 aromatic heterocycles. The van der Waals surface area contributed by atoms with E-state index >= 15 is 0 Å². The molecule has 1 aliphatic heterocycles. The van der Waals surface area contributed by atoms with Gasteiger partial charge in [-0.1, -0.05) is 47.1 Å². The molecule has 0 unspecified atom stereocenters. The number of thioether (sulfide) groups is 1. The second-order valence-electron chi connectivity index (χ2n) is 7.43. The van der Waals surface area contributed by atoms with Gasteiger partial charge in [-0.25, -0.2) is 4.79 Å². The van der Waals surface area contributed by atoms with E-state index in [-0.39, 0.29) is 21.9 Å². The Labute approximate surface area is 220 Å². The summed E-state index contributed by atoms with van der Waals surface area (Å²) in [5.74, 6) is -5.03. The highest BCUT2D eigenvalue weighted by molar-refractivity contribution is 8.03. The van der Waals surface area contributed by atoms with Crippen LogP contribution in [0.1, 0.15) is 21.8 Å². The fourth-order valence-electron chi connectivity index (χ4n) is 3.58. The summed E-state index contributed by atoms with van der Waals surface area (Å²) in [7, 11) is 2.38. The van der Waals surface area contributed by atoms with Crippen LogP contribution in [0.3, 0.4) is 0 Å². The summed E-state index contributed by atoms with van der Waals surface area (Å²) in [5, 5.41) is 16.0. The number of anilines is 1. The third kappa shape index (κ3) is 6.18. The molecule has 2 aromatic carbocycles. The average molecular weight is 548 g/mol. The molecule has 3 rings (SSSR count). The summed E-state index contributed by atoms with van der Waals surface area (Å²) in [6.45, 7) is 0. The molecule has 1 heterocycles. The number of methoxy groups -OCH3 is 2. The lowest BCUT2D eigenvalue weighted by Crippen LogP contribution is -2.44. The second kappa shape index (κ2) is 11.9. The van der Waals surface area contributed by atoms with Crippen LogP contribution in [0.25, 0.3) is 0 Å². The lowest BCUT2D eigenvalue weighted by molar-refractivity contribution is -0.150. The van der Waals surface area contributed by atoms with Crippen molar-refractivity contribution in [2.45, 2.75) is 5.92 Å². The van der Waals surface area contributed by atoms with Gasteiger partial charge in [0.05, 0.1) is 42.2 Å². The SMILES string of the molecule is COC(=O)c1ccc([C@@H]2C(C#N)=C(SCC(=O)Nc3cc(Cl)cc(Cl)c3)NC(=O)[C@@H]2C(=O)OC)cc1. The van der Waals surface area contributed by atoms with Crippen molar-refractivity contribution in [3.63, 3.8) is 0 Å². The van der Waals surface area contributed by atoms with Crippen LogP contribution in [0, 0.1) is 17.2 Å². The van der Waals surface area contributed by atoms with Gasteiger partial charge in [-0.05, 0) is 35.9 Å². The fraction of sp³-hybridized carbons (Fsp3) is 0.208. The maximum atomic E-state index is 12.9. The monoisotopic (exact) mass is 547 g/mol. The minimum absolute atomic E-state index is 0.0689. The molecule has 2 aromatic rings. The number of carbonyl (C=O) groups is 4. The number of benzene rings is 2. The number of halogens is 2. The van der Waals surface area contributed by atoms with Crippen molar-refractivity contribution >= 4 is 64.4 Å². The first-order valence-electron chi connectivity index (χ1n) is 10.3. The van der Waals surface area contributed by atoms with Gasteiger partial charge in [0.1, 0.15) is 5.92 Å². The number of rotatable bonds is 7. The number of allylic oxidation sites excluding steroid dienone is 1. The van der Waals surface area contributed by atoms with Crippen LogP contribution in [-0.2, 0) is 23.9 Å². The summed E-state index contributed by atoms with van der Waals surface area (Å²) in [6, 6.07) is 12.6. The molecule has 2 atom stereocenters. The van der Waals surface area contributed by atoms with Crippen molar-refractivity contribution in [1.82, 2.24) is 5.32 Å². The lowest BCUT2D eigenvalue weighted by Gasteiger charge is -2.31. The third-order valence-electron chi connectivity index (χ3n) is 5.17. The van der Waals surface area contributed by atoms with Gasteiger partial charge in [0.25, 0.3) is 0 Å². The van der Waals surface area contributed by atoms with Crippen LogP contribution in [-0.4, -0.2) is 43.7 Å². The van der Waals surface area contributed by atoms with Gasteiger partial charge in [0.15, 0.2) is 0 Å². The van der Waals surface area contributed by atoms with Crippen LogP contribution in [0.2, 0.25) is 10.0 Å². The van der Waals surface area contributed by atoms with E-state index in [1.54, 1.807) is 0 Å². The highest BCUT2D eigenvalue weighted by Gasteiger charge is 2.44. The molecule has 9 nitrogen and oxygen atoms in total. The fourth-order valence-corrected chi connectivity index (χ4v) is 4.96. The summed E-state index contributed by atoms with van der Waals surface area (Å²) in [5.41, 5.74) is 1.14. The van der Waals surface area contributed by atoms with Gasteiger partial charge >= 0.3 is 11.9 Å². The van der Waals surface area contributed by atoms with E-state index in [1.165, 1.54) is 49.6 Å². The number of nitriles is 1. The maximum absolute atomic E-state index is 12.9. The third-order valence-corrected chi connectivity index (χ3v) is 6.62. The number of hydrogen-bond donors (Lipinski definition) is 2. The first-order chi connectivity index (χ1) is 17.2. The zero-order valence-electron chi connectivity index (χ0n) is 19.0. The number of nitrogens with zero attached hydrogens (tertiary/aromatic N) is 1. The number of hydrogen-bond acceptors (Lipinski definition) is 8. The van der Waals surface area contributed by atoms with Crippen molar-refractivity contribution in [1.29, 1.82) is 5.26 Å². The highest BCUT2D eigenvalue weighted by Crippen LogP contribution is 2.40. The molecular formula is C24H19Cl2N3O6S. The van der Waals surface area contributed by atoms with Gasteiger partial charge in [0, 0.05) is 21.7 Å². The molecule has 0 saturated carbocycles. The molecule has 0 saturated heterocycles. The predicted molar refractivity (Wildman–Crippen MR) is 134 cm³/mol. The van der Waals surface area contributed by atoms with Crippen molar-refractivity contribution in [2.24, 2.45) is 5.92 Å². The van der Waals surface area contributed by atoms with Gasteiger partial charge < -0.3 is 20.1 Å². The first-order valence-corrected chi connectivity index (χ1v) is 12.0. The summed E-state index contributed by atoms with van der Waals surface area (Å²) < 4.78 is 9.49. The molecule has 12 heteroatoms. The van der Waals surface area contributed by atoms with E-state index in [1.807, 2.05) is 6.07 Å². The molecule has 0 radical (unpaired) electrons. The zero-order valence-corrected chi connectivity index (χ0v) is 21.3. The minimum Gasteiger partial charge on any atom is -0.468 e. The van der Waals surface area contributed by atoms with E-state index in [4.69, 9.17) is 32.7 Å². The van der Waals surface area contributed by atoms with E-state index < -0.39 is 35.6 Å². The smallest absolute Gasteiger partial charge is 0.337 e. The normalized spacial score (nSPS) is 17.0. The average Bonchev–Trinajstić information content (AvgIpc) is 2.85. The Morgan fingerprint density at radius 2 is 1.72 bits per heavy atom. The van der Waals surface area contributed by atoms with Gasteiger partial charge in [0.2, 0.25) is 11.8 Å². The molecule has 0 aliphatic carbocycles. The predicted octanol–water partition coefficient (Wildman–Crippen LogP) is 3.89.